The van der Waals surface area contributed by atoms with Crippen LogP contribution in [0.5, 0.6) is 0 Å². The zero-order valence-electron chi connectivity index (χ0n) is 19.1. The number of hydrogen-bond donors (Lipinski definition) is 4. The molecule has 0 radical (unpaired) electrons. The summed E-state index contributed by atoms with van der Waals surface area (Å²) < 4.78 is 1.58. The number of carbonyl (C=O) groups excluding carboxylic acids is 1. The summed E-state index contributed by atoms with van der Waals surface area (Å²) >= 11 is 0. The van der Waals surface area contributed by atoms with Gasteiger partial charge in [0, 0.05) is 41.9 Å². The number of benzene rings is 2. The number of aromatic amines is 2. The monoisotopic (exact) mass is 464 g/mol. The highest BCUT2D eigenvalue weighted by molar-refractivity contribution is 6.13. The van der Waals surface area contributed by atoms with Gasteiger partial charge in [-0.2, -0.15) is 5.10 Å². The Morgan fingerprint density at radius 1 is 1.14 bits per heavy atom. The predicted molar refractivity (Wildman–Crippen MR) is 138 cm³/mol. The molecule has 6 rings (SSSR count). The number of carbonyl (C=O) groups is 1. The van der Waals surface area contributed by atoms with Crippen LogP contribution in [0.1, 0.15) is 46.2 Å². The van der Waals surface area contributed by atoms with Gasteiger partial charge >= 0.3 is 0 Å². The van der Waals surface area contributed by atoms with Gasteiger partial charge in [0.05, 0.1) is 34.2 Å². The Morgan fingerprint density at radius 3 is 2.77 bits per heavy atom. The van der Waals surface area contributed by atoms with Crippen molar-refractivity contribution in [2.24, 2.45) is 10.7 Å². The highest BCUT2D eigenvalue weighted by atomic mass is 16.1. The number of nitrogens with one attached hydrogen (secondary N) is 2. The summed E-state index contributed by atoms with van der Waals surface area (Å²) in [5, 5.41) is 5.31. The van der Waals surface area contributed by atoms with E-state index in [1.807, 2.05) is 42.5 Å². The van der Waals surface area contributed by atoms with E-state index in [2.05, 4.69) is 25.0 Å². The zero-order chi connectivity index (χ0) is 24.1. The van der Waals surface area contributed by atoms with Crippen molar-refractivity contribution in [2.45, 2.75) is 18.8 Å². The Hall–Kier alpha value is -4.66. The highest BCUT2D eigenvalue weighted by Crippen LogP contribution is 2.39. The molecule has 0 bridgehead atoms. The maximum Gasteiger partial charge on any atom is 0.214 e. The molecule has 0 saturated heterocycles. The minimum absolute atomic E-state index is 0.227. The topological polar surface area (TPSA) is 144 Å². The lowest BCUT2D eigenvalue weighted by atomic mass is 10.1. The van der Waals surface area contributed by atoms with E-state index in [0.29, 0.717) is 17.2 Å². The van der Waals surface area contributed by atoms with Gasteiger partial charge in [-0.1, -0.05) is 12.1 Å². The van der Waals surface area contributed by atoms with Crippen LogP contribution in [0, 0.1) is 0 Å². The summed E-state index contributed by atoms with van der Waals surface area (Å²) in [6.45, 7) is 0. The molecule has 0 amide bonds. The Kier molecular flexibility index (Phi) is 4.77. The number of rotatable bonds is 6. The number of aromatic nitrogens is 5. The van der Waals surface area contributed by atoms with E-state index in [-0.39, 0.29) is 11.6 Å². The minimum atomic E-state index is -0.227. The second-order valence-electron chi connectivity index (χ2n) is 8.78. The van der Waals surface area contributed by atoms with Crippen LogP contribution in [-0.4, -0.2) is 43.8 Å². The van der Waals surface area contributed by atoms with Crippen molar-refractivity contribution >= 4 is 45.3 Å². The van der Waals surface area contributed by atoms with Gasteiger partial charge in [-0.05, 0) is 48.7 Å². The van der Waals surface area contributed by atoms with E-state index in [1.165, 1.54) is 25.2 Å². The molecule has 1 saturated carbocycles. The summed E-state index contributed by atoms with van der Waals surface area (Å²) in [5.74, 6) is 1.62. The molecule has 174 valence electrons. The Balaban J connectivity index is 1.32. The zero-order valence-corrected chi connectivity index (χ0v) is 19.1. The second-order valence-corrected chi connectivity index (χ2v) is 8.78. The number of nitrogens with two attached hydrogens (primary N) is 2. The van der Waals surface area contributed by atoms with Crippen molar-refractivity contribution in [2.75, 3.05) is 12.8 Å². The van der Waals surface area contributed by atoms with E-state index in [9.17, 15) is 4.79 Å². The molecule has 6 N–H and O–H groups in total. The van der Waals surface area contributed by atoms with E-state index in [1.54, 1.807) is 17.9 Å². The number of nitrogens with zero attached hydrogens (tertiary/aromatic N) is 4. The molecule has 9 heteroatoms. The van der Waals surface area contributed by atoms with Gasteiger partial charge in [0.1, 0.15) is 11.6 Å². The molecule has 0 unspecified atom stereocenters. The summed E-state index contributed by atoms with van der Waals surface area (Å²) in [6.07, 6.45) is 7.06. The van der Waals surface area contributed by atoms with Crippen LogP contribution in [0.4, 0.5) is 5.82 Å². The summed E-state index contributed by atoms with van der Waals surface area (Å²) in [4.78, 5) is 28.6. The van der Waals surface area contributed by atoms with Crippen LogP contribution in [-0.2, 0) is 0 Å². The number of anilines is 1. The molecule has 1 fully saturated rings. The number of H-pyrrole nitrogens is 2. The number of hydrogen-bond acceptors (Lipinski definition) is 6. The largest absolute Gasteiger partial charge is 0.404 e. The molecule has 35 heavy (non-hydrogen) atoms. The van der Waals surface area contributed by atoms with Crippen molar-refractivity contribution in [3.8, 4) is 5.69 Å². The molecule has 0 aliphatic heterocycles. The van der Waals surface area contributed by atoms with E-state index < -0.39 is 0 Å². The fourth-order valence-electron chi connectivity index (χ4n) is 4.36. The quantitative estimate of drug-likeness (QED) is 0.222. The highest BCUT2D eigenvalue weighted by Gasteiger charge is 2.27. The molecule has 9 nitrogen and oxygen atoms in total. The van der Waals surface area contributed by atoms with Crippen LogP contribution in [0.2, 0.25) is 0 Å². The smallest absolute Gasteiger partial charge is 0.214 e. The fraction of sp³-hybridized carbons (Fsp3) is 0.154. The lowest BCUT2D eigenvalue weighted by Crippen LogP contribution is -2.07. The molecule has 1 aliphatic rings. The van der Waals surface area contributed by atoms with Gasteiger partial charge in [0.15, 0.2) is 0 Å². The third-order valence-electron chi connectivity index (χ3n) is 6.39. The van der Waals surface area contributed by atoms with Crippen LogP contribution in [0.25, 0.3) is 33.2 Å². The van der Waals surface area contributed by atoms with E-state index in [0.717, 1.165) is 44.6 Å². The second kappa shape index (κ2) is 7.98. The lowest BCUT2D eigenvalue weighted by Gasteiger charge is -2.05. The molecule has 1 aliphatic carbocycles. The maximum absolute atomic E-state index is 13.3. The number of ketones is 1. The van der Waals surface area contributed by atoms with Crippen molar-refractivity contribution in [1.82, 2.24) is 24.7 Å². The first-order valence-corrected chi connectivity index (χ1v) is 11.4. The van der Waals surface area contributed by atoms with Crippen LogP contribution < -0.4 is 11.5 Å². The van der Waals surface area contributed by atoms with Gasteiger partial charge in [-0.15, -0.1) is 0 Å². The van der Waals surface area contributed by atoms with Crippen LogP contribution >= 0.6 is 0 Å². The molecule has 5 aromatic rings. The number of nitrogen functional groups attached to an aromatic ring is 1. The predicted octanol–water partition coefficient (Wildman–Crippen LogP) is 3.92. The van der Waals surface area contributed by atoms with Crippen LogP contribution in [0.3, 0.4) is 0 Å². The Bertz CT molecular complexity index is 1660. The summed E-state index contributed by atoms with van der Waals surface area (Å²) in [5.41, 5.74) is 18.0. The molecule has 0 atom stereocenters. The van der Waals surface area contributed by atoms with Gasteiger partial charge in [-0.3, -0.25) is 9.79 Å². The Labute approximate surface area is 200 Å². The normalized spacial score (nSPS) is 14.5. The molecular weight excluding hydrogens is 440 g/mol. The lowest BCUT2D eigenvalue weighted by molar-refractivity contribution is 0.103. The first-order chi connectivity index (χ1) is 17.1. The van der Waals surface area contributed by atoms with E-state index >= 15 is 0 Å². The van der Waals surface area contributed by atoms with Gasteiger partial charge in [0.25, 0.3) is 0 Å². The average Bonchev–Trinajstić information content (AvgIpc) is 3.31. The summed E-state index contributed by atoms with van der Waals surface area (Å²) in [7, 11) is 1.69. The van der Waals surface area contributed by atoms with Crippen LogP contribution in [0.15, 0.2) is 59.9 Å². The SMILES string of the molecule is CN=CC(=CN)c1ccc2cc(C(=O)c3cnn(-c4ccc5nc(C6CC6)[nH]c5c4)c3N)[nH]c2c1. The van der Waals surface area contributed by atoms with Gasteiger partial charge in [0.2, 0.25) is 5.78 Å². The molecule has 3 heterocycles. The standard InChI is InChI=1S/C26H24N8O/c1-29-12-17(11-27)15-4-5-16-9-23(31-21(16)8-15)24(35)19-13-30-34(25(19)28)18-6-7-20-22(10-18)33-26(32-20)14-2-3-14/h4-14,31H,2-3,27-28H2,1H3,(H,32,33). The van der Waals surface area contributed by atoms with Crippen molar-refractivity contribution in [3.63, 3.8) is 0 Å². The summed E-state index contributed by atoms with van der Waals surface area (Å²) in [6, 6.07) is 13.4. The first-order valence-electron chi connectivity index (χ1n) is 11.4. The fourth-order valence-corrected chi connectivity index (χ4v) is 4.36. The maximum atomic E-state index is 13.3. The number of allylic oxidation sites excluding steroid dienone is 1. The first kappa shape index (κ1) is 20.9. The van der Waals surface area contributed by atoms with Gasteiger partial charge < -0.3 is 21.4 Å². The third-order valence-corrected chi connectivity index (χ3v) is 6.39. The molecule has 2 aromatic carbocycles. The molecule has 0 spiro atoms. The number of fused-ring (bicyclic) bond motifs is 2. The van der Waals surface area contributed by atoms with E-state index in [4.69, 9.17) is 11.5 Å². The van der Waals surface area contributed by atoms with Gasteiger partial charge in [-0.25, -0.2) is 9.67 Å². The van der Waals surface area contributed by atoms with Crippen molar-refractivity contribution in [3.05, 3.63) is 77.5 Å². The number of imidazole rings is 1. The average molecular weight is 465 g/mol. The number of aliphatic imine (C=N–C) groups is 1. The molecular formula is C26H24N8O. The molecule has 3 aromatic heterocycles. The third kappa shape index (κ3) is 3.57. The Morgan fingerprint density at radius 2 is 2.00 bits per heavy atom. The van der Waals surface area contributed by atoms with Crippen molar-refractivity contribution in [1.29, 1.82) is 0 Å². The van der Waals surface area contributed by atoms with Crippen molar-refractivity contribution < 1.29 is 4.79 Å². The minimum Gasteiger partial charge on any atom is -0.404 e.